The van der Waals surface area contributed by atoms with Gasteiger partial charge in [0.25, 0.3) is 5.91 Å². The van der Waals surface area contributed by atoms with E-state index in [2.05, 4.69) is 15.5 Å². The van der Waals surface area contributed by atoms with Gasteiger partial charge in [-0.3, -0.25) is 9.89 Å². The van der Waals surface area contributed by atoms with Crippen molar-refractivity contribution >= 4 is 11.6 Å². The number of aromatic nitrogens is 2. The molecule has 0 radical (unpaired) electrons. The van der Waals surface area contributed by atoms with Gasteiger partial charge in [0.15, 0.2) is 0 Å². The van der Waals surface area contributed by atoms with Crippen LogP contribution < -0.4 is 10.1 Å². The van der Waals surface area contributed by atoms with Crippen LogP contribution in [0.25, 0.3) is 11.3 Å². The van der Waals surface area contributed by atoms with E-state index in [1.165, 1.54) is 19.2 Å². The number of hydrogen-bond donors (Lipinski definition) is 2. The molecule has 0 fully saturated rings. The number of carbonyl (C=O) groups excluding carboxylic acids is 1. The number of H-pyrrole nitrogens is 1. The number of ether oxygens (including phenoxy) is 1. The first-order valence-electron chi connectivity index (χ1n) is 7.91. The minimum Gasteiger partial charge on any atom is -0.496 e. The maximum absolute atomic E-state index is 13.6. The molecule has 1 aromatic heterocycles. The molecular weight excluding hydrogens is 321 g/mol. The van der Waals surface area contributed by atoms with Gasteiger partial charge in [-0.1, -0.05) is 31.2 Å². The zero-order valence-electron chi connectivity index (χ0n) is 14.0. The van der Waals surface area contributed by atoms with Crippen molar-refractivity contribution in [1.82, 2.24) is 10.2 Å². The summed E-state index contributed by atoms with van der Waals surface area (Å²) in [6.45, 7) is 1.95. The van der Waals surface area contributed by atoms with Gasteiger partial charge in [0.05, 0.1) is 24.1 Å². The minimum absolute atomic E-state index is 0.314. The second-order valence-electron chi connectivity index (χ2n) is 5.44. The number of aromatic amines is 1. The van der Waals surface area contributed by atoms with Crippen LogP contribution in [0.5, 0.6) is 5.75 Å². The van der Waals surface area contributed by atoms with Crippen molar-refractivity contribution in [3.05, 3.63) is 65.6 Å². The van der Waals surface area contributed by atoms with E-state index in [0.29, 0.717) is 34.7 Å². The fraction of sp³-hybridized carbons (Fsp3) is 0.158. The molecular formula is C19H18FN3O2. The van der Waals surface area contributed by atoms with Crippen LogP contribution >= 0.6 is 0 Å². The number of carbonyl (C=O) groups is 1. The molecule has 2 aromatic carbocycles. The van der Waals surface area contributed by atoms with E-state index >= 15 is 0 Å². The van der Waals surface area contributed by atoms with Crippen molar-refractivity contribution in [3.8, 4) is 17.0 Å². The van der Waals surface area contributed by atoms with Crippen LogP contribution in [0.15, 0.2) is 48.5 Å². The summed E-state index contributed by atoms with van der Waals surface area (Å²) < 4.78 is 18.8. The lowest BCUT2D eigenvalue weighted by Gasteiger charge is -2.10. The van der Waals surface area contributed by atoms with Crippen LogP contribution in [-0.4, -0.2) is 23.2 Å². The Bertz CT molecular complexity index is 905. The minimum atomic E-state index is -0.361. The SMILES string of the molecule is CCc1[nH]nc(-c2cccc(F)c2)c1NC(=O)c1ccccc1OC. The topological polar surface area (TPSA) is 67.0 Å². The predicted molar refractivity (Wildman–Crippen MR) is 94.3 cm³/mol. The van der Waals surface area contributed by atoms with Gasteiger partial charge in [-0.05, 0) is 30.7 Å². The number of rotatable bonds is 5. The van der Waals surface area contributed by atoms with Gasteiger partial charge >= 0.3 is 0 Å². The normalized spacial score (nSPS) is 10.5. The van der Waals surface area contributed by atoms with Crippen molar-refractivity contribution < 1.29 is 13.9 Å². The molecule has 0 unspecified atom stereocenters. The van der Waals surface area contributed by atoms with E-state index in [1.54, 1.807) is 36.4 Å². The Morgan fingerprint density at radius 1 is 1.24 bits per heavy atom. The largest absolute Gasteiger partial charge is 0.496 e. The summed E-state index contributed by atoms with van der Waals surface area (Å²) in [5.41, 5.74) is 2.82. The summed E-state index contributed by atoms with van der Waals surface area (Å²) in [4.78, 5) is 12.7. The molecule has 6 heteroatoms. The first-order chi connectivity index (χ1) is 12.1. The van der Waals surface area contributed by atoms with Gasteiger partial charge in [0.1, 0.15) is 17.3 Å². The molecule has 0 bridgehead atoms. The number of methoxy groups -OCH3 is 1. The molecule has 0 atom stereocenters. The molecule has 25 heavy (non-hydrogen) atoms. The Hall–Kier alpha value is -3.15. The molecule has 0 aliphatic heterocycles. The summed E-state index contributed by atoms with van der Waals surface area (Å²) >= 11 is 0. The lowest BCUT2D eigenvalue weighted by Crippen LogP contribution is -2.14. The second-order valence-corrected chi connectivity index (χ2v) is 5.44. The van der Waals surface area contributed by atoms with E-state index < -0.39 is 0 Å². The third-order valence-electron chi connectivity index (χ3n) is 3.88. The monoisotopic (exact) mass is 339 g/mol. The lowest BCUT2D eigenvalue weighted by molar-refractivity contribution is 0.102. The predicted octanol–water partition coefficient (Wildman–Crippen LogP) is 4.04. The Balaban J connectivity index is 1.99. The van der Waals surface area contributed by atoms with Gasteiger partial charge in [-0.2, -0.15) is 5.10 Å². The standard InChI is InChI=1S/C19H18FN3O2/c1-3-15-18(17(23-22-15)12-7-6-8-13(20)11-12)21-19(24)14-9-4-5-10-16(14)25-2/h4-11H,3H2,1-2H3,(H,21,24)(H,22,23). The van der Waals surface area contributed by atoms with Gasteiger partial charge < -0.3 is 10.1 Å². The number of anilines is 1. The first kappa shape index (κ1) is 16.7. The fourth-order valence-corrected chi connectivity index (χ4v) is 2.63. The van der Waals surface area contributed by atoms with Crippen LogP contribution in [0.2, 0.25) is 0 Å². The van der Waals surface area contributed by atoms with Crippen LogP contribution in [0.3, 0.4) is 0 Å². The average molecular weight is 339 g/mol. The molecule has 0 spiro atoms. The van der Waals surface area contributed by atoms with E-state index in [4.69, 9.17) is 4.74 Å². The van der Waals surface area contributed by atoms with E-state index in [1.807, 2.05) is 6.92 Å². The average Bonchev–Trinajstić information content (AvgIpc) is 3.04. The van der Waals surface area contributed by atoms with Crippen LogP contribution in [-0.2, 0) is 6.42 Å². The Morgan fingerprint density at radius 2 is 2.04 bits per heavy atom. The highest BCUT2D eigenvalue weighted by Gasteiger charge is 2.19. The summed E-state index contributed by atoms with van der Waals surface area (Å²) in [7, 11) is 1.51. The highest BCUT2D eigenvalue weighted by atomic mass is 19.1. The highest BCUT2D eigenvalue weighted by molar-refractivity contribution is 6.08. The van der Waals surface area contributed by atoms with Crippen molar-refractivity contribution in [2.45, 2.75) is 13.3 Å². The van der Waals surface area contributed by atoms with E-state index in [9.17, 15) is 9.18 Å². The maximum atomic E-state index is 13.6. The lowest BCUT2D eigenvalue weighted by atomic mass is 10.1. The molecule has 0 saturated heterocycles. The number of nitrogens with one attached hydrogen (secondary N) is 2. The van der Waals surface area contributed by atoms with Crippen LogP contribution in [0, 0.1) is 5.82 Å². The summed E-state index contributed by atoms with van der Waals surface area (Å²) in [6.07, 6.45) is 0.643. The Labute approximate surface area is 144 Å². The quantitative estimate of drug-likeness (QED) is 0.737. The van der Waals surface area contributed by atoms with Gasteiger partial charge in [-0.15, -0.1) is 0 Å². The molecule has 1 amide bonds. The molecule has 0 saturated carbocycles. The molecule has 5 nitrogen and oxygen atoms in total. The number of nitrogens with zero attached hydrogens (tertiary/aromatic N) is 1. The molecule has 128 valence electrons. The van der Waals surface area contributed by atoms with E-state index in [0.717, 1.165) is 5.69 Å². The Morgan fingerprint density at radius 3 is 2.76 bits per heavy atom. The molecule has 0 aliphatic carbocycles. The zero-order chi connectivity index (χ0) is 17.8. The van der Waals surface area contributed by atoms with Crippen LogP contribution in [0.1, 0.15) is 23.0 Å². The molecule has 3 rings (SSSR count). The van der Waals surface area contributed by atoms with E-state index in [-0.39, 0.29) is 11.7 Å². The number of halogens is 1. The number of amides is 1. The van der Waals surface area contributed by atoms with Crippen molar-refractivity contribution in [3.63, 3.8) is 0 Å². The molecule has 1 heterocycles. The number of hydrogen-bond acceptors (Lipinski definition) is 3. The maximum Gasteiger partial charge on any atom is 0.259 e. The summed E-state index contributed by atoms with van der Waals surface area (Å²) in [5, 5.41) is 10.0. The third kappa shape index (κ3) is 3.38. The van der Waals surface area contributed by atoms with Gasteiger partial charge in [-0.25, -0.2) is 4.39 Å². The number of para-hydroxylation sites is 1. The number of benzene rings is 2. The van der Waals surface area contributed by atoms with Gasteiger partial charge in [0.2, 0.25) is 0 Å². The first-order valence-corrected chi connectivity index (χ1v) is 7.91. The molecule has 0 aliphatic rings. The van der Waals surface area contributed by atoms with Crippen molar-refractivity contribution in [2.75, 3.05) is 12.4 Å². The van der Waals surface area contributed by atoms with Crippen molar-refractivity contribution in [2.24, 2.45) is 0 Å². The summed E-state index contributed by atoms with van der Waals surface area (Å²) in [6, 6.07) is 13.1. The van der Waals surface area contributed by atoms with Crippen LogP contribution in [0.4, 0.5) is 10.1 Å². The second kappa shape index (κ2) is 7.17. The highest BCUT2D eigenvalue weighted by Crippen LogP contribution is 2.30. The smallest absolute Gasteiger partial charge is 0.259 e. The third-order valence-corrected chi connectivity index (χ3v) is 3.88. The van der Waals surface area contributed by atoms with Crippen molar-refractivity contribution in [1.29, 1.82) is 0 Å². The van der Waals surface area contributed by atoms with Gasteiger partial charge in [0, 0.05) is 5.56 Å². The summed E-state index contributed by atoms with van der Waals surface area (Å²) in [5.74, 6) is -0.194. The fourth-order valence-electron chi connectivity index (χ4n) is 2.63. The zero-order valence-corrected chi connectivity index (χ0v) is 14.0. The molecule has 3 aromatic rings. The Kier molecular flexibility index (Phi) is 4.79. The molecule has 2 N–H and O–H groups in total. The number of aryl methyl sites for hydroxylation is 1.